The Morgan fingerprint density at radius 1 is 1.03 bits per heavy atom. The molecule has 8 heteroatoms. The van der Waals surface area contributed by atoms with Gasteiger partial charge in [0.05, 0.1) is 11.3 Å². The molecule has 0 saturated heterocycles. The number of halogens is 4. The van der Waals surface area contributed by atoms with Gasteiger partial charge >= 0.3 is 6.18 Å². The Kier molecular flexibility index (Phi) is 6.45. The van der Waals surface area contributed by atoms with Crippen molar-refractivity contribution in [2.45, 2.75) is 25.6 Å². The highest BCUT2D eigenvalue weighted by molar-refractivity contribution is 14.1. The van der Waals surface area contributed by atoms with E-state index in [2.05, 4.69) is 4.90 Å². The zero-order valence-corrected chi connectivity index (χ0v) is 20.6. The van der Waals surface area contributed by atoms with Crippen LogP contribution in [-0.2, 0) is 16.5 Å². The molecule has 0 aliphatic carbocycles. The van der Waals surface area contributed by atoms with Crippen LogP contribution in [0.1, 0.15) is 30.5 Å². The third kappa shape index (κ3) is 4.13. The van der Waals surface area contributed by atoms with Gasteiger partial charge in [0.25, 0.3) is 5.91 Å². The predicted molar refractivity (Wildman–Crippen MR) is 133 cm³/mol. The molecule has 2 N–H and O–H groups in total. The number of benzene rings is 3. The van der Waals surface area contributed by atoms with Crippen LogP contribution in [0.25, 0.3) is 10.8 Å². The molecule has 3 aromatic carbocycles. The second kappa shape index (κ2) is 8.88. The van der Waals surface area contributed by atoms with Gasteiger partial charge in [0.15, 0.2) is 0 Å². The van der Waals surface area contributed by atoms with Gasteiger partial charge in [-0.05, 0) is 70.2 Å². The average Bonchev–Trinajstić information content (AvgIpc) is 3.00. The number of alkyl halides is 3. The monoisotopic (exact) mass is 567 g/mol. The van der Waals surface area contributed by atoms with Crippen molar-refractivity contribution in [2.24, 2.45) is 5.73 Å². The third-order valence-corrected chi connectivity index (χ3v) is 7.02. The summed E-state index contributed by atoms with van der Waals surface area (Å²) in [5, 5.41) is 1.74. The van der Waals surface area contributed by atoms with Crippen molar-refractivity contribution in [3.05, 3.63) is 74.9 Å². The number of fused-ring (bicyclic) bond motifs is 2. The zero-order valence-electron chi connectivity index (χ0n) is 18.4. The van der Waals surface area contributed by atoms with Gasteiger partial charge in [-0.1, -0.05) is 50.2 Å². The van der Waals surface area contributed by atoms with E-state index in [1.54, 1.807) is 24.3 Å². The lowest BCUT2D eigenvalue weighted by Gasteiger charge is -2.27. The molecule has 1 atom stereocenters. The molecule has 0 aromatic heterocycles. The number of likely N-dealkylation sites (N-methyl/N-ethyl adjacent to an activating group) is 1. The number of nitrogens with zero attached hydrogens (tertiary/aromatic N) is 2. The molecule has 0 radical (unpaired) electrons. The molecular formula is C25H25F3IN3O. The number of nitrogens with two attached hydrogens (primary N) is 1. The van der Waals surface area contributed by atoms with Crippen LogP contribution in [0.4, 0.5) is 18.9 Å². The SMILES string of the molecule is CCN(CC)CCN1C(=O)C(N)(c2ccc3ccccc3c2)c2c1cc(I)cc2C(F)(F)F. The number of hydrogen-bond donors (Lipinski definition) is 1. The van der Waals surface area contributed by atoms with Crippen LogP contribution in [0, 0.1) is 3.57 Å². The highest BCUT2D eigenvalue weighted by Crippen LogP contribution is 2.49. The van der Waals surface area contributed by atoms with Gasteiger partial charge in [0.1, 0.15) is 5.54 Å². The van der Waals surface area contributed by atoms with E-state index in [1.807, 2.05) is 60.7 Å². The minimum Gasteiger partial charge on any atom is -0.310 e. The number of hydrogen-bond acceptors (Lipinski definition) is 3. The van der Waals surface area contributed by atoms with E-state index in [1.165, 1.54) is 4.90 Å². The maximum Gasteiger partial charge on any atom is 0.416 e. The summed E-state index contributed by atoms with van der Waals surface area (Å²) in [5.41, 5.74) is 4.35. The first-order valence-electron chi connectivity index (χ1n) is 10.8. The van der Waals surface area contributed by atoms with E-state index in [0.29, 0.717) is 15.7 Å². The summed E-state index contributed by atoms with van der Waals surface area (Å²) in [5.74, 6) is -0.535. The number of carbonyl (C=O) groups is 1. The van der Waals surface area contributed by atoms with E-state index in [0.717, 1.165) is 29.9 Å². The van der Waals surface area contributed by atoms with Crippen LogP contribution in [0.2, 0.25) is 0 Å². The Morgan fingerprint density at radius 3 is 2.33 bits per heavy atom. The van der Waals surface area contributed by atoms with E-state index < -0.39 is 23.2 Å². The molecule has 4 rings (SSSR count). The predicted octanol–water partition coefficient (Wildman–Crippen LogP) is 5.35. The maximum atomic E-state index is 14.2. The van der Waals surface area contributed by atoms with Crippen LogP contribution < -0.4 is 10.6 Å². The number of carbonyl (C=O) groups excluding carboxylic acids is 1. The van der Waals surface area contributed by atoms with Crippen molar-refractivity contribution in [1.29, 1.82) is 0 Å². The summed E-state index contributed by atoms with van der Waals surface area (Å²) in [6.45, 7) is 6.39. The van der Waals surface area contributed by atoms with E-state index >= 15 is 0 Å². The second-order valence-electron chi connectivity index (χ2n) is 8.20. The summed E-state index contributed by atoms with van der Waals surface area (Å²) in [6, 6.07) is 15.4. The molecule has 4 nitrogen and oxygen atoms in total. The molecule has 1 aliphatic rings. The van der Waals surface area contributed by atoms with E-state index in [-0.39, 0.29) is 17.8 Å². The average molecular weight is 567 g/mol. The van der Waals surface area contributed by atoms with Crippen molar-refractivity contribution in [3.8, 4) is 0 Å². The molecule has 3 aromatic rings. The molecule has 1 unspecified atom stereocenters. The minimum absolute atomic E-state index is 0.171. The van der Waals surface area contributed by atoms with Crippen molar-refractivity contribution in [1.82, 2.24) is 4.90 Å². The van der Waals surface area contributed by atoms with Gasteiger partial charge in [0, 0.05) is 22.2 Å². The Bertz CT molecular complexity index is 1210. The van der Waals surface area contributed by atoms with E-state index in [4.69, 9.17) is 5.73 Å². The molecule has 1 aliphatic heterocycles. The van der Waals surface area contributed by atoms with Gasteiger partial charge in [0.2, 0.25) is 0 Å². The topological polar surface area (TPSA) is 49.6 Å². The number of anilines is 1. The van der Waals surface area contributed by atoms with Crippen molar-refractivity contribution in [3.63, 3.8) is 0 Å². The lowest BCUT2D eigenvalue weighted by Crippen LogP contribution is -2.50. The van der Waals surface area contributed by atoms with Crippen LogP contribution in [0.5, 0.6) is 0 Å². The van der Waals surface area contributed by atoms with Crippen molar-refractivity contribution < 1.29 is 18.0 Å². The Labute approximate surface area is 204 Å². The first-order valence-corrected chi connectivity index (χ1v) is 11.9. The van der Waals surface area contributed by atoms with Crippen molar-refractivity contribution >= 4 is 45.0 Å². The molecule has 0 spiro atoms. The summed E-state index contributed by atoms with van der Waals surface area (Å²) in [7, 11) is 0. The molecule has 33 heavy (non-hydrogen) atoms. The van der Waals surface area contributed by atoms with Crippen LogP contribution in [0.3, 0.4) is 0 Å². The molecule has 0 saturated carbocycles. The summed E-state index contributed by atoms with van der Waals surface area (Å²) in [6.07, 6.45) is -4.65. The molecule has 1 amide bonds. The third-order valence-electron chi connectivity index (χ3n) is 6.39. The first-order chi connectivity index (χ1) is 15.6. The molecular weight excluding hydrogens is 542 g/mol. The fourth-order valence-corrected chi connectivity index (χ4v) is 5.18. The fourth-order valence-electron chi connectivity index (χ4n) is 4.58. The van der Waals surface area contributed by atoms with Gasteiger partial charge in [-0.15, -0.1) is 0 Å². The van der Waals surface area contributed by atoms with Gasteiger partial charge in [-0.3, -0.25) is 4.79 Å². The van der Waals surface area contributed by atoms with Crippen molar-refractivity contribution in [2.75, 3.05) is 31.1 Å². The fraction of sp³-hybridized carbons (Fsp3) is 0.320. The highest BCUT2D eigenvalue weighted by Gasteiger charge is 2.54. The number of rotatable bonds is 6. The zero-order chi connectivity index (χ0) is 24.0. The normalized spacial score (nSPS) is 18.4. The summed E-state index contributed by atoms with van der Waals surface area (Å²) in [4.78, 5) is 17.4. The minimum atomic E-state index is -4.65. The number of amides is 1. The highest BCUT2D eigenvalue weighted by atomic mass is 127. The molecule has 1 heterocycles. The summed E-state index contributed by atoms with van der Waals surface area (Å²) < 4.78 is 43.1. The Morgan fingerprint density at radius 2 is 1.70 bits per heavy atom. The quantitative estimate of drug-likeness (QED) is 0.409. The van der Waals surface area contributed by atoms with Crippen LogP contribution >= 0.6 is 22.6 Å². The molecule has 174 valence electrons. The molecule has 0 fully saturated rings. The smallest absolute Gasteiger partial charge is 0.310 e. The lowest BCUT2D eigenvalue weighted by atomic mass is 9.81. The van der Waals surface area contributed by atoms with Gasteiger partial charge in [-0.2, -0.15) is 13.2 Å². The van der Waals surface area contributed by atoms with E-state index in [9.17, 15) is 18.0 Å². The lowest BCUT2D eigenvalue weighted by molar-refractivity contribution is -0.138. The second-order valence-corrected chi connectivity index (χ2v) is 9.44. The Balaban J connectivity index is 1.93. The largest absolute Gasteiger partial charge is 0.416 e. The summed E-state index contributed by atoms with van der Waals surface area (Å²) >= 11 is 1.86. The first kappa shape index (κ1) is 24.0. The van der Waals surface area contributed by atoms with Crippen LogP contribution in [0.15, 0.2) is 54.6 Å². The standard InChI is InChI=1S/C25H25F3IN3O/c1-3-31(4-2)11-12-32-21-15-19(29)14-20(25(26,27)28)22(21)24(30,23(32)33)18-10-9-16-7-5-6-8-17(16)13-18/h5-10,13-15H,3-4,11-12,30H2,1-2H3. The maximum absolute atomic E-state index is 14.2. The van der Waals surface area contributed by atoms with Gasteiger partial charge < -0.3 is 15.5 Å². The van der Waals surface area contributed by atoms with Gasteiger partial charge in [-0.25, -0.2) is 0 Å². The Hall–Kier alpha value is -2.17. The van der Waals surface area contributed by atoms with Crippen LogP contribution in [-0.4, -0.2) is 37.0 Å². The molecule has 0 bridgehead atoms.